The molecule has 6 heteroatoms. The first-order chi connectivity index (χ1) is 11.2. The van der Waals surface area contributed by atoms with E-state index in [0.29, 0.717) is 12.5 Å². The quantitative estimate of drug-likeness (QED) is 0.785. The van der Waals surface area contributed by atoms with Crippen LogP contribution in [0.3, 0.4) is 0 Å². The van der Waals surface area contributed by atoms with Crippen molar-refractivity contribution in [2.45, 2.75) is 32.2 Å². The minimum absolute atomic E-state index is 0.525. The zero-order valence-electron chi connectivity index (χ0n) is 13.3. The van der Waals surface area contributed by atoms with Gasteiger partial charge < -0.3 is 10.1 Å². The molecule has 0 unspecified atom stereocenters. The molecule has 1 N–H and O–H groups in total. The Bertz CT molecular complexity index is 853. The number of anilines is 1. The van der Waals surface area contributed by atoms with E-state index in [2.05, 4.69) is 32.7 Å². The number of nitrogens with one attached hydrogen (secondary N) is 1. The summed E-state index contributed by atoms with van der Waals surface area (Å²) in [6.07, 6.45) is 2.37. The lowest BCUT2D eigenvalue weighted by Crippen LogP contribution is -2.05. The molecule has 1 fully saturated rings. The number of ether oxygens (including phenoxy) is 1. The smallest absolute Gasteiger partial charge is 0.178 e. The SMILES string of the molecule is COc1ccc(CNc2ccc3nnc(C4CC4)n3n2)cc1C. The summed E-state index contributed by atoms with van der Waals surface area (Å²) in [7, 11) is 1.69. The fraction of sp³-hybridized carbons (Fsp3) is 0.353. The van der Waals surface area contributed by atoms with E-state index >= 15 is 0 Å². The summed E-state index contributed by atoms with van der Waals surface area (Å²) in [5.74, 6) is 3.24. The van der Waals surface area contributed by atoms with E-state index in [-0.39, 0.29) is 0 Å². The molecule has 0 radical (unpaired) electrons. The predicted molar refractivity (Wildman–Crippen MR) is 87.8 cm³/mol. The van der Waals surface area contributed by atoms with Crippen LogP contribution in [0.15, 0.2) is 30.3 Å². The van der Waals surface area contributed by atoms with Crippen LogP contribution in [0, 0.1) is 6.92 Å². The first-order valence-corrected chi connectivity index (χ1v) is 7.84. The molecule has 0 saturated heterocycles. The van der Waals surface area contributed by atoms with Crippen LogP contribution in [-0.4, -0.2) is 26.9 Å². The molecule has 23 heavy (non-hydrogen) atoms. The van der Waals surface area contributed by atoms with Crippen molar-refractivity contribution in [3.8, 4) is 5.75 Å². The molecule has 118 valence electrons. The minimum atomic E-state index is 0.525. The molecule has 0 amide bonds. The summed E-state index contributed by atoms with van der Waals surface area (Å²) < 4.78 is 7.15. The molecule has 0 spiro atoms. The standard InChI is InChI=1S/C17H19N5O/c1-11-9-12(3-6-14(11)23-2)10-18-15-7-8-16-19-20-17(13-4-5-13)22(16)21-15/h3,6-9,13H,4-5,10H2,1-2H3,(H,18,21). The molecule has 1 aliphatic rings. The molecule has 0 bridgehead atoms. The molecule has 0 aliphatic heterocycles. The van der Waals surface area contributed by atoms with Gasteiger partial charge in [0.2, 0.25) is 0 Å². The van der Waals surface area contributed by atoms with Gasteiger partial charge in [-0.1, -0.05) is 12.1 Å². The van der Waals surface area contributed by atoms with Crippen LogP contribution < -0.4 is 10.1 Å². The Balaban J connectivity index is 1.53. The Morgan fingerprint density at radius 3 is 2.83 bits per heavy atom. The van der Waals surface area contributed by atoms with Crippen molar-refractivity contribution in [2.24, 2.45) is 0 Å². The number of fused-ring (bicyclic) bond motifs is 1. The summed E-state index contributed by atoms with van der Waals surface area (Å²) in [4.78, 5) is 0. The highest BCUT2D eigenvalue weighted by Gasteiger charge is 2.29. The Kier molecular flexibility index (Phi) is 3.37. The first-order valence-electron chi connectivity index (χ1n) is 7.84. The topological polar surface area (TPSA) is 64.3 Å². The molecule has 1 aliphatic carbocycles. The van der Waals surface area contributed by atoms with Crippen molar-refractivity contribution < 1.29 is 4.74 Å². The number of rotatable bonds is 5. The second-order valence-corrected chi connectivity index (χ2v) is 5.98. The van der Waals surface area contributed by atoms with Crippen LogP contribution >= 0.6 is 0 Å². The number of benzene rings is 1. The summed E-state index contributed by atoms with van der Waals surface area (Å²) in [6.45, 7) is 2.76. The molecular weight excluding hydrogens is 290 g/mol. The lowest BCUT2D eigenvalue weighted by molar-refractivity contribution is 0.411. The van der Waals surface area contributed by atoms with E-state index in [1.165, 1.54) is 18.4 Å². The zero-order chi connectivity index (χ0) is 15.8. The zero-order valence-corrected chi connectivity index (χ0v) is 13.3. The van der Waals surface area contributed by atoms with Crippen molar-refractivity contribution in [3.05, 3.63) is 47.3 Å². The Morgan fingerprint density at radius 2 is 2.09 bits per heavy atom. The fourth-order valence-corrected chi connectivity index (χ4v) is 2.74. The van der Waals surface area contributed by atoms with Crippen molar-refractivity contribution in [1.29, 1.82) is 0 Å². The van der Waals surface area contributed by atoms with Gasteiger partial charge in [-0.25, -0.2) is 0 Å². The van der Waals surface area contributed by atoms with Crippen LogP contribution in [0.2, 0.25) is 0 Å². The summed E-state index contributed by atoms with van der Waals surface area (Å²) >= 11 is 0. The van der Waals surface area contributed by atoms with Gasteiger partial charge in [0, 0.05) is 12.5 Å². The van der Waals surface area contributed by atoms with Crippen LogP contribution in [0.5, 0.6) is 5.75 Å². The highest BCUT2D eigenvalue weighted by atomic mass is 16.5. The van der Waals surface area contributed by atoms with Crippen LogP contribution in [0.1, 0.15) is 35.7 Å². The third kappa shape index (κ3) is 2.72. The van der Waals surface area contributed by atoms with Gasteiger partial charge in [-0.3, -0.25) is 0 Å². The Hall–Kier alpha value is -2.63. The highest BCUT2D eigenvalue weighted by Crippen LogP contribution is 2.38. The number of methoxy groups -OCH3 is 1. The summed E-state index contributed by atoms with van der Waals surface area (Å²) in [5.41, 5.74) is 3.12. The fourth-order valence-electron chi connectivity index (χ4n) is 2.74. The minimum Gasteiger partial charge on any atom is -0.496 e. The molecule has 1 aromatic carbocycles. The molecule has 4 rings (SSSR count). The van der Waals surface area contributed by atoms with Crippen LogP contribution in [0.25, 0.3) is 5.65 Å². The predicted octanol–water partition coefficient (Wildman–Crippen LogP) is 2.93. The van der Waals surface area contributed by atoms with E-state index in [4.69, 9.17) is 4.74 Å². The number of nitrogens with zero attached hydrogens (tertiary/aromatic N) is 4. The van der Waals surface area contributed by atoms with Crippen LogP contribution in [-0.2, 0) is 6.54 Å². The van der Waals surface area contributed by atoms with E-state index in [1.807, 2.05) is 29.6 Å². The highest BCUT2D eigenvalue weighted by molar-refractivity contribution is 5.45. The third-order valence-corrected chi connectivity index (χ3v) is 4.16. The maximum Gasteiger partial charge on any atom is 0.178 e. The van der Waals surface area contributed by atoms with E-state index < -0.39 is 0 Å². The van der Waals surface area contributed by atoms with E-state index in [1.54, 1.807) is 7.11 Å². The van der Waals surface area contributed by atoms with Crippen molar-refractivity contribution >= 4 is 11.5 Å². The van der Waals surface area contributed by atoms with Gasteiger partial charge in [0.25, 0.3) is 0 Å². The first kappa shape index (κ1) is 14.0. The molecule has 2 heterocycles. The van der Waals surface area contributed by atoms with Crippen molar-refractivity contribution in [2.75, 3.05) is 12.4 Å². The lowest BCUT2D eigenvalue weighted by atomic mass is 10.1. The number of aryl methyl sites for hydroxylation is 1. The van der Waals surface area contributed by atoms with Gasteiger partial charge in [0.05, 0.1) is 7.11 Å². The summed E-state index contributed by atoms with van der Waals surface area (Å²) in [6, 6.07) is 10.1. The summed E-state index contributed by atoms with van der Waals surface area (Å²) in [5, 5.41) is 16.4. The van der Waals surface area contributed by atoms with E-state index in [9.17, 15) is 0 Å². The Labute approximate surface area is 134 Å². The van der Waals surface area contributed by atoms with Gasteiger partial charge in [-0.05, 0) is 49.1 Å². The van der Waals surface area contributed by atoms with Gasteiger partial charge >= 0.3 is 0 Å². The number of aromatic nitrogens is 4. The molecule has 2 aromatic heterocycles. The number of hydrogen-bond acceptors (Lipinski definition) is 5. The molecule has 6 nitrogen and oxygen atoms in total. The second-order valence-electron chi connectivity index (χ2n) is 5.98. The van der Waals surface area contributed by atoms with Gasteiger partial charge in [0.1, 0.15) is 11.6 Å². The van der Waals surface area contributed by atoms with Crippen molar-refractivity contribution in [1.82, 2.24) is 19.8 Å². The van der Waals surface area contributed by atoms with Gasteiger partial charge in [0.15, 0.2) is 11.5 Å². The maximum atomic E-state index is 5.29. The lowest BCUT2D eigenvalue weighted by Gasteiger charge is -2.09. The third-order valence-electron chi connectivity index (χ3n) is 4.16. The average Bonchev–Trinajstić information content (AvgIpc) is 3.32. The van der Waals surface area contributed by atoms with Crippen molar-refractivity contribution in [3.63, 3.8) is 0 Å². The average molecular weight is 309 g/mol. The largest absolute Gasteiger partial charge is 0.496 e. The molecule has 0 atom stereocenters. The maximum absolute atomic E-state index is 5.29. The normalized spacial score (nSPS) is 14.2. The second kappa shape index (κ2) is 5.53. The molecule has 1 saturated carbocycles. The molecular formula is C17H19N5O. The number of hydrogen-bond donors (Lipinski definition) is 1. The van der Waals surface area contributed by atoms with Crippen LogP contribution in [0.4, 0.5) is 5.82 Å². The Morgan fingerprint density at radius 1 is 1.22 bits per heavy atom. The monoisotopic (exact) mass is 309 g/mol. The van der Waals surface area contributed by atoms with Gasteiger partial charge in [-0.2, -0.15) is 4.52 Å². The molecule has 3 aromatic rings. The van der Waals surface area contributed by atoms with Gasteiger partial charge in [-0.15, -0.1) is 15.3 Å². The van der Waals surface area contributed by atoms with E-state index in [0.717, 1.165) is 28.6 Å².